The van der Waals surface area contributed by atoms with Gasteiger partial charge in [0, 0.05) is 24.5 Å². The second-order valence-corrected chi connectivity index (χ2v) is 6.58. The molecule has 1 aliphatic rings. The van der Waals surface area contributed by atoms with E-state index in [2.05, 4.69) is 23.1 Å². The molecule has 3 rings (SSSR count). The zero-order valence-corrected chi connectivity index (χ0v) is 15.2. The molecular formula is C19H26N4O2. The van der Waals surface area contributed by atoms with Crippen molar-refractivity contribution in [1.29, 1.82) is 0 Å². The van der Waals surface area contributed by atoms with Gasteiger partial charge in [-0.2, -0.15) is 5.10 Å². The van der Waals surface area contributed by atoms with Crippen LogP contribution in [0.3, 0.4) is 0 Å². The van der Waals surface area contributed by atoms with Gasteiger partial charge in [0.1, 0.15) is 0 Å². The minimum atomic E-state index is 0.0433. The topological polar surface area (TPSA) is 60.2 Å². The molecule has 2 aromatic rings. The highest BCUT2D eigenvalue weighted by Crippen LogP contribution is 2.22. The molecule has 0 saturated carbocycles. The zero-order valence-electron chi connectivity index (χ0n) is 15.2. The minimum absolute atomic E-state index is 0.0433. The Hall–Kier alpha value is -2.37. The Morgan fingerprint density at radius 2 is 2.16 bits per heavy atom. The molecule has 0 spiro atoms. The van der Waals surface area contributed by atoms with Crippen molar-refractivity contribution < 1.29 is 9.53 Å². The van der Waals surface area contributed by atoms with Crippen LogP contribution in [0.25, 0.3) is 0 Å². The second kappa shape index (κ2) is 7.68. The molecule has 1 fully saturated rings. The number of amides is 1. The smallest absolute Gasteiger partial charge is 0.255 e. The number of carbonyl (C=O) groups excluding carboxylic acids is 1. The molecule has 0 N–H and O–H groups in total. The Bertz CT molecular complexity index is 724. The number of hydrogen-bond acceptors (Lipinski definition) is 4. The Kier molecular flexibility index (Phi) is 5.36. The van der Waals surface area contributed by atoms with Crippen molar-refractivity contribution in [3.8, 4) is 5.88 Å². The van der Waals surface area contributed by atoms with Gasteiger partial charge < -0.3 is 9.64 Å². The zero-order chi connectivity index (χ0) is 17.8. The lowest BCUT2D eigenvalue weighted by Crippen LogP contribution is -2.46. The third kappa shape index (κ3) is 4.00. The number of carbonyl (C=O) groups is 1. The van der Waals surface area contributed by atoms with Crippen molar-refractivity contribution in [2.75, 3.05) is 13.2 Å². The summed E-state index contributed by atoms with van der Waals surface area (Å²) in [5.41, 5.74) is 2.77. The van der Waals surface area contributed by atoms with E-state index in [0.717, 1.165) is 43.7 Å². The number of piperidine rings is 1. The summed E-state index contributed by atoms with van der Waals surface area (Å²) in [5, 5.41) is 4.55. The lowest BCUT2D eigenvalue weighted by molar-refractivity contribution is 0.0582. The van der Waals surface area contributed by atoms with Crippen molar-refractivity contribution >= 4 is 5.91 Å². The van der Waals surface area contributed by atoms with Crippen LogP contribution in [0.15, 0.2) is 24.4 Å². The molecule has 1 saturated heterocycles. The lowest BCUT2D eigenvalue weighted by atomic mass is 10.0. The molecule has 6 nitrogen and oxygen atoms in total. The first-order valence-corrected chi connectivity index (χ1v) is 8.99. The first kappa shape index (κ1) is 17.5. The molecular weight excluding hydrogens is 316 g/mol. The lowest BCUT2D eigenvalue weighted by Gasteiger charge is -2.36. The highest BCUT2D eigenvalue weighted by atomic mass is 16.5. The predicted molar refractivity (Wildman–Crippen MR) is 95.8 cm³/mol. The van der Waals surface area contributed by atoms with Crippen molar-refractivity contribution in [3.05, 3.63) is 41.3 Å². The van der Waals surface area contributed by atoms with Gasteiger partial charge in [-0.25, -0.2) is 4.98 Å². The Morgan fingerprint density at radius 1 is 1.32 bits per heavy atom. The number of hydrogen-bond donors (Lipinski definition) is 0. The van der Waals surface area contributed by atoms with E-state index < -0.39 is 0 Å². The van der Waals surface area contributed by atoms with Gasteiger partial charge in [-0.1, -0.05) is 0 Å². The molecule has 1 aliphatic heterocycles. The van der Waals surface area contributed by atoms with Crippen LogP contribution < -0.4 is 4.74 Å². The van der Waals surface area contributed by atoms with Crippen molar-refractivity contribution in [3.63, 3.8) is 0 Å². The van der Waals surface area contributed by atoms with Gasteiger partial charge >= 0.3 is 0 Å². The average Bonchev–Trinajstić information content (AvgIpc) is 2.93. The summed E-state index contributed by atoms with van der Waals surface area (Å²) < 4.78 is 7.37. The summed E-state index contributed by atoms with van der Waals surface area (Å²) in [6, 6.07) is 5.81. The van der Waals surface area contributed by atoms with Crippen LogP contribution in [0.1, 0.15) is 47.9 Å². The van der Waals surface area contributed by atoms with Crippen molar-refractivity contribution in [1.82, 2.24) is 19.7 Å². The molecule has 134 valence electrons. The normalized spacial score (nSPS) is 17.6. The summed E-state index contributed by atoms with van der Waals surface area (Å²) in [6.07, 6.45) is 4.82. The highest BCUT2D eigenvalue weighted by Gasteiger charge is 2.28. The molecule has 25 heavy (non-hydrogen) atoms. The number of nitrogens with zero attached hydrogens (tertiary/aromatic N) is 4. The van der Waals surface area contributed by atoms with Crippen molar-refractivity contribution in [2.24, 2.45) is 0 Å². The molecule has 0 unspecified atom stereocenters. The summed E-state index contributed by atoms with van der Waals surface area (Å²) in [4.78, 5) is 19.2. The van der Waals surface area contributed by atoms with E-state index in [1.807, 2.05) is 23.4 Å². The molecule has 0 aliphatic carbocycles. The standard InChI is InChI=1S/C19H26N4O2/c1-4-25-18-9-8-16(12-20-18)19(24)22-10-6-5-7-17(22)13-23-15(3)11-14(2)21-23/h8-9,11-12,17H,4-7,10,13H2,1-3H3/t17-/m0/s1. The van der Waals surface area contributed by atoms with Gasteiger partial charge in [-0.05, 0) is 52.2 Å². The minimum Gasteiger partial charge on any atom is -0.478 e. The molecule has 0 bridgehead atoms. The maximum atomic E-state index is 13.0. The van der Waals surface area contributed by atoms with Crippen LogP contribution in [0.4, 0.5) is 0 Å². The molecule has 0 aromatic carbocycles. The molecule has 3 heterocycles. The van der Waals surface area contributed by atoms with E-state index in [0.29, 0.717) is 18.1 Å². The van der Waals surface area contributed by atoms with Crippen LogP contribution in [0.5, 0.6) is 5.88 Å². The van der Waals surface area contributed by atoms with E-state index >= 15 is 0 Å². The van der Waals surface area contributed by atoms with Gasteiger partial charge in [0.2, 0.25) is 5.88 Å². The van der Waals surface area contributed by atoms with E-state index in [9.17, 15) is 4.79 Å². The highest BCUT2D eigenvalue weighted by molar-refractivity contribution is 5.94. The maximum Gasteiger partial charge on any atom is 0.255 e. The summed E-state index contributed by atoms with van der Waals surface area (Å²) in [5.74, 6) is 0.596. The largest absolute Gasteiger partial charge is 0.478 e. The number of rotatable bonds is 5. The van der Waals surface area contributed by atoms with Crippen LogP contribution >= 0.6 is 0 Å². The SMILES string of the molecule is CCOc1ccc(C(=O)N2CCCC[C@H]2Cn2nc(C)cc2C)cn1. The van der Waals surface area contributed by atoms with E-state index in [-0.39, 0.29) is 11.9 Å². The fraction of sp³-hybridized carbons (Fsp3) is 0.526. The number of aryl methyl sites for hydroxylation is 2. The van der Waals surface area contributed by atoms with Crippen LogP contribution in [0, 0.1) is 13.8 Å². The van der Waals surface area contributed by atoms with Crippen LogP contribution in [0.2, 0.25) is 0 Å². The van der Waals surface area contributed by atoms with E-state index in [1.165, 1.54) is 0 Å². The Morgan fingerprint density at radius 3 is 2.80 bits per heavy atom. The second-order valence-electron chi connectivity index (χ2n) is 6.58. The molecule has 2 aromatic heterocycles. The Labute approximate surface area is 148 Å². The number of aromatic nitrogens is 3. The van der Waals surface area contributed by atoms with Gasteiger partial charge in [0.25, 0.3) is 5.91 Å². The van der Waals surface area contributed by atoms with Crippen LogP contribution in [-0.4, -0.2) is 44.8 Å². The summed E-state index contributed by atoms with van der Waals surface area (Å²) in [6.45, 7) is 8.07. The Balaban J connectivity index is 1.75. The fourth-order valence-corrected chi connectivity index (χ4v) is 3.42. The molecule has 1 atom stereocenters. The van der Waals surface area contributed by atoms with E-state index in [1.54, 1.807) is 18.3 Å². The summed E-state index contributed by atoms with van der Waals surface area (Å²) >= 11 is 0. The quantitative estimate of drug-likeness (QED) is 0.838. The van der Waals surface area contributed by atoms with Crippen molar-refractivity contribution in [2.45, 2.75) is 52.6 Å². The molecule has 0 radical (unpaired) electrons. The molecule has 6 heteroatoms. The number of pyridine rings is 1. The van der Waals surface area contributed by atoms with Crippen LogP contribution in [-0.2, 0) is 6.54 Å². The first-order chi connectivity index (χ1) is 12.1. The van der Waals surface area contributed by atoms with E-state index in [4.69, 9.17) is 4.74 Å². The van der Waals surface area contributed by atoms with Gasteiger partial charge in [0.15, 0.2) is 0 Å². The predicted octanol–water partition coefficient (Wildman–Crippen LogP) is 2.99. The van der Waals surface area contributed by atoms with Gasteiger partial charge in [0.05, 0.1) is 30.5 Å². The monoisotopic (exact) mass is 342 g/mol. The number of ether oxygens (including phenoxy) is 1. The maximum absolute atomic E-state index is 13.0. The van der Waals surface area contributed by atoms with Gasteiger partial charge in [-0.3, -0.25) is 9.48 Å². The first-order valence-electron chi connectivity index (χ1n) is 8.99. The fourth-order valence-electron chi connectivity index (χ4n) is 3.42. The third-order valence-electron chi connectivity index (χ3n) is 4.65. The van der Waals surface area contributed by atoms with Gasteiger partial charge in [-0.15, -0.1) is 0 Å². The number of likely N-dealkylation sites (tertiary alicyclic amines) is 1. The summed E-state index contributed by atoms with van der Waals surface area (Å²) in [7, 11) is 0. The third-order valence-corrected chi connectivity index (χ3v) is 4.65. The average molecular weight is 342 g/mol. The molecule has 1 amide bonds.